The summed E-state index contributed by atoms with van der Waals surface area (Å²) < 4.78 is 0.558. The lowest BCUT2D eigenvalue weighted by atomic mass is 10.1. The van der Waals surface area contributed by atoms with E-state index < -0.39 is 0 Å². The lowest BCUT2D eigenvalue weighted by Crippen LogP contribution is -2.29. The summed E-state index contributed by atoms with van der Waals surface area (Å²) in [5.41, 5.74) is 2.77. The van der Waals surface area contributed by atoms with Gasteiger partial charge < -0.3 is 10.4 Å². The van der Waals surface area contributed by atoms with Gasteiger partial charge in [0.15, 0.2) is 0 Å². The number of nitrogens with one attached hydrogen (secondary N) is 1. The fourth-order valence-corrected chi connectivity index (χ4v) is 4.40. The molecular weight excluding hydrogens is 416 g/mol. The summed E-state index contributed by atoms with van der Waals surface area (Å²) in [6.07, 6.45) is 4.63. The van der Waals surface area contributed by atoms with Crippen molar-refractivity contribution in [2.75, 3.05) is 11.9 Å². The van der Waals surface area contributed by atoms with Crippen LogP contribution < -0.4 is 5.32 Å². The van der Waals surface area contributed by atoms with E-state index in [0.29, 0.717) is 22.2 Å². The molecule has 3 rings (SSSR count). The number of thiocarbonyl (C=S) groups is 1. The molecule has 1 heterocycles. The molecule has 5 nitrogen and oxygen atoms in total. The van der Waals surface area contributed by atoms with E-state index in [2.05, 4.69) is 5.32 Å². The number of hydrogen-bond acceptors (Lipinski definition) is 5. The monoisotopic (exact) mass is 440 g/mol. The summed E-state index contributed by atoms with van der Waals surface area (Å²) in [6.45, 7) is 2.54. The zero-order chi connectivity index (χ0) is 21.5. The molecule has 1 aliphatic rings. The zero-order valence-corrected chi connectivity index (χ0v) is 18.4. The smallest absolute Gasteiger partial charge is 0.266 e. The Kier molecular flexibility index (Phi) is 7.65. The SMILES string of the molecule is Cc1cccc(NC(=O)CCCCCN2C(=O)/C(=C/c3ccc(O)cc3)SC2=S)c1. The van der Waals surface area contributed by atoms with E-state index in [1.807, 2.05) is 31.2 Å². The third kappa shape index (κ3) is 6.18. The molecule has 2 N–H and O–H groups in total. The van der Waals surface area contributed by atoms with Crippen LogP contribution in [0.5, 0.6) is 5.75 Å². The van der Waals surface area contributed by atoms with Crippen molar-refractivity contribution in [2.45, 2.75) is 32.6 Å². The maximum atomic E-state index is 12.6. The molecule has 2 aromatic carbocycles. The van der Waals surface area contributed by atoms with Crippen molar-refractivity contribution >= 4 is 51.9 Å². The quantitative estimate of drug-likeness (QED) is 0.339. The molecule has 0 saturated carbocycles. The Bertz CT molecular complexity index is 971. The van der Waals surface area contributed by atoms with Crippen LogP contribution in [0, 0.1) is 6.92 Å². The molecule has 1 aliphatic heterocycles. The van der Waals surface area contributed by atoms with Gasteiger partial charge in [0.25, 0.3) is 5.91 Å². The number of aryl methyl sites for hydroxylation is 1. The number of unbranched alkanes of at least 4 members (excludes halogenated alkanes) is 2. The number of carbonyl (C=O) groups excluding carboxylic acids is 2. The number of rotatable bonds is 8. The second-order valence-electron chi connectivity index (χ2n) is 7.15. The van der Waals surface area contributed by atoms with Crippen LogP contribution in [0.1, 0.15) is 36.8 Å². The first-order valence-electron chi connectivity index (χ1n) is 9.83. The van der Waals surface area contributed by atoms with E-state index in [4.69, 9.17) is 12.2 Å². The Hall–Kier alpha value is -2.64. The van der Waals surface area contributed by atoms with Crippen molar-refractivity contribution in [3.05, 3.63) is 64.6 Å². The third-order valence-corrected chi connectivity index (χ3v) is 6.03. The van der Waals surface area contributed by atoms with Crippen molar-refractivity contribution in [2.24, 2.45) is 0 Å². The number of hydrogen-bond donors (Lipinski definition) is 2. The minimum Gasteiger partial charge on any atom is -0.508 e. The summed E-state index contributed by atoms with van der Waals surface area (Å²) in [5, 5.41) is 12.3. The molecular formula is C23H24N2O3S2. The molecule has 0 aliphatic carbocycles. The van der Waals surface area contributed by atoms with Crippen LogP contribution in [0.3, 0.4) is 0 Å². The molecule has 1 fully saturated rings. The van der Waals surface area contributed by atoms with Gasteiger partial charge in [0.05, 0.1) is 4.91 Å². The number of carbonyl (C=O) groups is 2. The summed E-state index contributed by atoms with van der Waals surface area (Å²) in [7, 11) is 0. The van der Waals surface area contributed by atoms with Crippen molar-refractivity contribution < 1.29 is 14.7 Å². The number of benzene rings is 2. The first-order valence-corrected chi connectivity index (χ1v) is 11.1. The Morgan fingerprint density at radius 1 is 1.17 bits per heavy atom. The summed E-state index contributed by atoms with van der Waals surface area (Å²) in [4.78, 5) is 26.9. The van der Waals surface area contributed by atoms with Crippen molar-refractivity contribution in [1.29, 1.82) is 0 Å². The third-order valence-electron chi connectivity index (χ3n) is 4.65. The standard InChI is InChI=1S/C23H24N2O3S2/c1-16-6-5-7-18(14-16)24-21(27)8-3-2-4-13-25-22(28)20(30-23(25)29)15-17-9-11-19(26)12-10-17/h5-7,9-12,14-15,26H,2-4,8,13H2,1H3,(H,24,27)/b20-15-. The van der Waals surface area contributed by atoms with Gasteiger partial charge in [0.1, 0.15) is 10.1 Å². The van der Waals surface area contributed by atoms with E-state index in [0.717, 1.165) is 36.1 Å². The van der Waals surface area contributed by atoms with E-state index in [9.17, 15) is 14.7 Å². The first-order chi connectivity index (χ1) is 14.4. The molecule has 0 radical (unpaired) electrons. The minimum atomic E-state index is -0.0877. The predicted octanol–water partition coefficient (Wildman–Crippen LogP) is 5.10. The molecule has 2 aromatic rings. The lowest BCUT2D eigenvalue weighted by molar-refractivity contribution is -0.122. The fraction of sp³-hybridized carbons (Fsp3) is 0.261. The molecule has 0 aromatic heterocycles. The highest BCUT2D eigenvalue weighted by atomic mass is 32.2. The number of amides is 2. The maximum Gasteiger partial charge on any atom is 0.266 e. The number of anilines is 1. The van der Waals surface area contributed by atoms with Crippen molar-refractivity contribution in [3.8, 4) is 5.75 Å². The average Bonchev–Trinajstić information content (AvgIpc) is 2.96. The van der Waals surface area contributed by atoms with Gasteiger partial charge in [-0.15, -0.1) is 0 Å². The normalized spacial score (nSPS) is 15.1. The molecule has 0 unspecified atom stereocenters. The molecule has 0 spiro atoms. The number of phenolic OH excluding ortho intramolecular Hbond substituents is 1. The van der Waals surface area contributed by atoms with Crippen LogP contribution in [0.4, 0.5) is 5.69 Å². The number of aromatic hydroxyl groups is 1. The molecule has 156 valence electrons. The van der Waals surface area contributed by atoms with E-state index in [1.54, 1.807) is 35.2 Å². The number of nitrogens with zero attached hydrogens (tertiary/aromatic N) is 1. The van der Waals surface area contributed by atoms with Gasteiger partial charge >= 0.3 is 0 Å². The van der Waals surface area contributed by atoms with Crippen LogP contribution in [0.15, 0.2) is 53.4 Å². The van der Waals surface area contributed by atoms with E-state index in [-0.39, 0.29) is 17.6 Å². The van der Waals surface area contributed by atoms with Gasteiger partial charge in [-0.1, -0.05) is 54.7 Å². The van der Waals surface area contributed by atoms with Gasteiger partial charge in [0, 0.05) is 18.7 Å². The topological polar surface area (TPSA) is 69.6 Å². The Labute approximate surface area is 186 Å². The number of thioether (sulfide) groups is 1. The van der Waals surface area contributed by atoms with Gasteiger partial charge in [0.2, 0.25) is 5.91 Å². The average molecular weight is 441 g/mol. The van der Waals surface area contributed by atoms with E-state index in [1.165, 1.54) is 11.8 Å². The van der Waals surface area contributed by atoms with Crippen LogP contribution >= 0.6 is 24.0 Å². The Balaban J connectivity index is 1.41. The van der Waals surface area contributed by atoms with Gasteiger partial charge in [-0.2, -0.15) is 0 Å². The molecule has 1 saturated heterocycles. The summed E-state index contributed by atoms with van der Waals surface area (Å²) in [5.74, 6) is 0.102. The van der Waals surface area contributed by atoms with Gasteiger partial charge in [-0.25, -0.2) is 0 Å². The molecule has 0 atom stereocenters. The highest BCUT2D eigenvalue weighted by Crippen LogP contribution is 2.33. The largest absolute Gasteiger partial charge is 0.508 e. The second-order valence-corrected chi connectivity index (χ2v) is 8.83. The van der Waals surface area contributed by atoms with Crippen LogP contribution in [0.25, 0.3) is 6.08 Å². The fourth-order valence-electron chi connectivity index (χ4n) is 3.09. The molecule has 2 amide bonds. The van der Waals surface area contributed by atoms with E-state index >= 15 is 0 Å². The summed E-state index contributed by atoms with van der Waals surface area (Å²) in [6, 6.07) is 14.4. The highest BCUT2D eigenvalue weighted by Gasteiger charge is 2.31. The van der Waals surface area contributed by atoms with Gasteiger partial charge in [-0.3, -0.25) is 14.5 Å². The maximum absolute atomic E-state index is 12.6. The first kappa shape index (κ1) is 22.1. The molecule has 7 heteroatoms. The van der Waals surface area contributed by atoms with Crippen molar-refractivity contribution in [3.63, 3.8) is 0 Å². The molecule has 30 heavy (non-hydrogen) atoms. The second kappa shape index (κ2) is 10.4. The highest BCUT2D eigenvalue weighted by molar-refractivity contribution is 8.26. The predicted molar refractivity (Wildman–Crippen MR) is 126 cm³/mol. The van der Waals surface area contributed by atoms with Crippen LogP contribution in [0.2, 0.25) is 0 Å². The Morgan fingerprint density at radius 3 is 2.67 bits per heavy atom. The van der Waals surface area contributed by atoms with Gasteiger partial charge in [-0.05, 0) is 61.2 Å². The summed E-state index contributed by atoms with van der Waals surface area (Å²) >= 11 is 6.65. The van der Waals surface area contributed by atoms with Crippen LogP contribution in [-0.4, -0.2) is 32.7 Å². The molecule has 0 bridgehead atoms. The Morgan fingerprint density at radius 2 is 1.93 bits per heavy atom. The zero-order valence-electron chi connectivity index (χ0n) is 16.8. The van der Waals surface area contributed by atoms with Crippen molar-refractivity contribution in [1.82, 2.24) is 4.90 Å². The van der Waals surface area contributed by atoms with Crippen LogP contribution in [-0.2, 0) is 9.59 Å². The number of phenols is 1. The lowest BCUT2D eigenvalue weighted by Gasteiger charge is -2.14. The minimum absolute atomic E-state index is 0.00282.